The molecule has 0 spiro atoms. The minimum Gasteiger partial charge on any atom is -0.200 e. The van der Waals surface area contributed by atoms with Gasteiger partial charge < -0.3 is 0 Å². The lowest BCUT2D eigenvalue weighted by Gasteiger charge is -2.03. The standard InChI is InChI=1S/C14H13ClN2O2S/c1-11-4-2-3-5-12(11)10-16-17-20(18,19)14-8-6-13(15)7-9-14/h2-10,17H,1H3/b16-10-. The second-order valence-electron chi connectivity index (χ2n) is 4.16. The quantitative estimate of drug-likeness (QED) is 0.697. The van der Waals surface area contributed by atoms with Crippen LogP contribution < -0.4 is 4.83 Å². The van der Waals surface area contributed by atoms with Crippen LogP contribution in [0.5, 0.6) is 0 Å². The van der Waals surface area contributed by atoms with Gasteiger partial charge in [0.2, 0.25) is 0 Å². The van der Waals surface area contributed by atoms with Gasteiger partial charge in [-0.2, -0.15) is 13.5 Å². The number of rotatable bonds is 4. The number of nitrogens with zero attached hydrogens (tertiary/aromatic N) is 1. The fourth-order valence-corrected chi connectivity index (χ4v) is 2.48. The largest absolute Gasteiger partial charge is 0.276 e. The van der Waals surface area contributed by atoms with Crippen LogP contribution >= 0.6 is 11.6 Å². The second kappa shape index (κ2) is 6.07. The van der Waals surface area contributed by atoms with Crippen molar-refractivity contribution in [2.75, 3.05) is 0 Å². The second-order valence-corrected chi connectivity index (χ2v) is 6.26. The number of sulfonamides is 1. The Bertz CT molecular complexity index is 725. The Morgan fingerprint density at radius 2 is 1.75 bits per heavy atom. The summed E-state index contributed by atoms with van der Waals surface area (Å²) in [5.41, 5.74) is 1.87. The molecule has 0 atom stereocenters. The zero-order valence-corrected chi connectivity index (χ0v) is 12.3. The van der Waals surface area contributed by atoms with Gasteiger partial charge in [0.15, 0.2) is 0 Å². The third-order valence-electron chi connectivity index (χ3n) is 2.69. The van der Waals surface area contributed by atoms with E-state index in [1.165, 1.54) is 30.5 Å². The van der Waals surface area contributed by atoms with Crippen molar-refractivity contribution >= 4 is 27.8 Å². The molecule has 0 bridgehead atoms. The SMILES string of the molecule is Cc1ccccc1/C=N\NS(=O)(=O)c1ccc(Cl)cc1. The van der Waals surface area contributed by atoms with Crippen LogP contribution in [0.15, 0.2) is 58.5 Å². The van der Waals surface area contributed by atoms with Crippen LogP contribution in [-0.2, 0) is 10.0 Å². The minimum absolute atomic E-state index is 0.115. The summed E-state index contributed by atoms with van der Waals surface area (Å²) in [6.45, 7) is 1.93. The summed E-state index contributed by atoms with van der Waals surface area (Å²) >= 11 is 5.72. The van der Waals surface area contributed by atoms with Gasteiger partial charge in [0.25, 0.3) is 10.0 Å². The number of hydrogen-bond donors (Lipinski definition) is 1. The summed E-state index contributed by atoms with van der Waals surface area (Å²) in [5.74, 6) is 0. The van der Waals surface area contributed by atoms with Crippen LogP contribution in [0.4, 0.5) is 0 Å². The minimum atomic E-state index is -3.67. The van der Waals surface area contributed by atoms with E-state index in [-0.39, 0.29) is 4.90 Å². The third kappa shape index (κ3) is 3.59. The molecule has 0 amide bonds. The Morgan fingerprint density at radius 3 is 2.40 bits per heavy atom. The fourth-order valence-electron chi connectivity index (χ4n) is 1.56. The lowest BCUT2D eigenvalue weighted by Crippen LogP contribution is -2.18. The van der Waals surface area contributed by atoms with Crippen molar-refractivity contribution in [3.8, 4) is 0 Å². The van der Waals surface area contributed by atoms with Crippen LogP contribution in [0.25, 0.3) is 0 Å². The fraction of sp³-hybridized carbons (Fsp3) is 0.0714. The molecular formula is C14H13ClN2O2S. The van der Waals surface area contributed by atoms with E-state index in [2.05, 4.69) is 9.93 Å². The average Bonchev–Trinajstić information content (AvgIpc) is 2.41. The molecule has 0 saturated heterocycles. The lowest BCUT2D eigenvalue weighted by molar-refractivity contribution is 0.584. The predicted octanol–water partition coefficient (Wildman–Crippen LogP) is 2.96. The number of halogens is 1. The van der Waals surface area contributed by atoms with E-state index in [1.54, 1.807) is 0 Å². The van der Waals surface area contributed by atoms with Crippen molar-refractivity contribution in [1.29, 1.82) is 0 Å². The Balaban J connectivity index is 2.14. The summed E-state index contributed by atoms with van der Waals surface area (Å²) in [4.78, 5) is 2.28. The van der Waals surface area contributed by atoms with E-state index in [0.29, 0.717) is 5.02 Å². The molecule has 0 heterocycles. The summed E-state index contributed by atoms with van der Waals surface area (Å²) in [7, 11) is -3.67. The van der Waals surface area contributed by atoms with Crippen molar-refractivity contribution in [1.82, 2.24) is 4.83 Å². The van der Waals surface area contributed by atoms with E-state index >= 15 is 0 Å². The van der Waals surface area contributed by atoms with Gasteiger partial charge in [-0.15, -0.1) is 0 Å². The van der Waals surface area contributed by atoms with Gasteiger partial charge in [-0.25, -0.2) is 4.83 Å². The average molecular weight is 309 g/mol. The molecule has 4 nitrogen and oxygen atoms in total. The van der Waals surface area contributed by atoms with Crippen LogP contribution in [0.2, 0.25) is 5.02 Å². The molecule has 0 aliphatic heterocycles. The molecule has 0 unspecified atom stereocenters. The first-order chi connectivity index (χ1) is 9.49. The molecule has 0 aliphatic rings. The first-order valence-electron chi connectivity index (χ1n) is 5.85. The van der Waals surface area contributed by atoms with E-state index in [9.17, 15) is 8.42 Å². The van der Waals surface area contributed by atoms with Crippen molar-refractivity contribution in [3.05, 3.63) is 64.7 Å². The first-order valence-corrected chi connectivity index (χ1v) is 7.71. The van der Waals surface area contributed by atoms with E-state index in [0.717, 1.165) is 11.1 Å². The van der Waals surface area contributed by atoms with Crippen molar-refractivity contribution in [3.63, 3.8) is 0 Å². The molecule has 0 radical (unpaired) electrons. The normalized spacial score (nSPS) is 11.7. The monoisotopic (exact) mass is 308 g/mol. The molecule has 2 aromatic carbocycles. The van der Waals surface area contributed by atoms with Crippen molar-refractivity contribution in [2.24, 2.45) is 5.10 Å². The Kier molecular flexibility index (Phi) is 4.42. The van der Waals surface area contributed by atoms with Gasteiger partial charge in [-0.1, -0.05) is 35.9 Å². The van der Waals surface area contributed by atoms with Gasteiger partial charge >= 0.3 is 0 Å². The number of aryl methyl sites for hydroxylation is 1. The molecule has 20 heavy (non-hydrogen) atoms. The van der Waals surface area contributed by atoms with E-state index < -0.39 is 10.0 Å². The first kappa shape index (κ1) is 14.6. The van der Waals surface area contributed by atoms with Crippen LogP contribution in [0.3, 0.4) is 0 Å². The summed E-state index contributed by atoms with van der Waals surface area (Å²) in [6.07, 6.45) is 1.48. The smallest absolute Gasteiger partial charge is 0.200 e. The van der Waals surface area contributed by atoms with Gasteiger partial charge in [0.05, 0.1) is 11.1 Å². The third-order valence-corrected chi connectivity index (χ3v) is 4.18. The number of benzene rings is 2. The van der Waals surface area contributed by atoms with Crippen molar-refractivity contribution < 1.29 is 8.42 Å². The topological polar surface area (TPSA) is 58.5 Å². The highest BCUT2D eigenvalue weighted by atomic mass is 35.5. The molecule has 1 N–H and O–H groups in total. The zero-order chi connectivity index (χ0) is 14.6. The number of hydrogen-bond acceptors (Lipinski definition) is 3. The summed E-state index contributed by atoms with van der Waals surface area (Å²) in [5, 5.41) is 4.26. The van der Waals surface area contributed by atoms with Crippen molar-refractivity contribution in [2.45, 2.75) is 11.8 Å². The Hall–Kier alpha value is -1.85. The summed E-state index contributed by atoms with van der Waals surface area (Å²) < 4.78 is 23.9. The maximum absolute atomic E-state index is 12.0. The van der Waals surface area contributed by atoms with Gasteiger partial charge in [-0.3, -0.25) is 0 Å². The molecular weight excluding hydrogens is 296 g/mol. The van der Waals surface area contributed by atoms with E-state index in [1.807, 2.05) is 31.2 Å². The molecule has 0 aromatic heterocycles. The zero-order valence-electron chi connectivity index (χ0n) is 10.7. The molecule has 0 aliphatic carbocycles. The number of hydrazone groups is 1. The maximum Gasteiger partial charge on any atom is 0.276 e. The molecule has 6 heteroatoms. The van der Waals surface area contributed by atoms with Crippen LogP contribution in [-0.4, -0.2) is 14.6 Å². The van der Waals surface area contributed by atoms with E-state index in [4.69, 9.17) is 11.6 Å². The molecule has 0 saturated carbocycles. The van der Waals surface area contributed by atoms with Gasteiger partial charge in [0.1, 0.15) is 0 Å². The molecule has 2 aromatic rings. The highest BCUT2D eigenvalue weighted by molar-refractivity contribution is 7.89. The highest BCUT2D eigenvalue weighted by Gasteiger charge is 2.11. The number of nitrogens with one attached hydrogen (secondary N) is 1. The highest BCUT2D eigenvalue weighted by Crippen LogP contribution is 2.13. The Morgan fingerprint density at radius 1 is 1.10 bits per heavy atom. The molecule has 2 rings (SSSR count). The lowest BCUT2D eigenvalue weighted by atomic mass is 10.1. The van der Waals surface area contributed by atoms with Gasteiger partial charge in [0, 0.05) is 5.02 Å². The van der Waals surface area contributed by atoms with Crippen LogP contribution in [0, 0.1) is 6.92 Å². The molecule has 0 fully saturated rings. The Labute approximate surface area is 123 Å². The molecule has 104 valence electrons. The van der Waals surface area contributed by atoms with Gasteiger partial charge in [-0.05, 0) is 42.3 Å². The van der Waals surface area contributed by atoms with Crippen LogP contribution in [0.1, 0.15) is 11.1 Å². The summed E-state index contributed by atoms with van der Waals surface area (Å²) in [6, 6.07) is 13.4. The predicted molar refractivity (Wildman–Crippen MR) is 80.5 cm³/mol. The maximum atomic E-state index is 12.0.